The molecule has 0 saturated carbocycles. The Hall–Kier alpha value is -0.830. The van der Waals surface area contributed by atoms with Crippen molar-refractivity contribution in [1.82, 2.24) is 0 Å². The normalized spacial score (nSPS) is 14.2. The van der Waals surface area contributed by atoms with Gasteiger partial charge in [-0.15, -0.1) is 11.3 Å². The van der Waals surface area contributed by atoms with Gasteiger partial charge in [0, 0.05) is 4.88 Å². The standard InChI is InChI=1S/C15H24O2S/c1-4-6-7-9-13(5-2)17-15(16)12(3)14-10-8-11-18-14/h8,10-13H,4-7,9H2,1-3H3. The van der Waals surface area contributed by atoms with E-state index in [1.165, 1.54) is 12.8 Å². The van der Waals surface area contributed by atoms with Gasteiger partial charge in [-0.2, -0.15) is 0 Å². The number of carbonyl (C=O) groups excluding carboxylic acids is 1. The molecule has 0 N–H and O–H groups in total. The Morgan fingerprint density at radius 1 is 1.39 bits per heavy atom. The maximum atomic E-state index is 12.0. The number of thiophene rings is 1. The van der Waals surface area contributed by atoms with Crippen molar-refractivity contribution in [2.45, 2.75) is 64.9 Å². The minimum absolute atomic E-state index is 0.0826. The zero-order valence-corrected chi connectivity index (χ0v) is 12.5. The van der Waals surface area contributed by atoms with Gasteiger partial charge in [0.2, 0.25) is 0 Å². The van der Waals surface area contributed by atoms with E-state index in [0.717, 1.165) is 24.1 Å². The Bertz CT molecular complexity index is 332. The molecule has 1 heterocycles. The lowest BCUT2D eigenvalue weighted by Crippen LogP contribution is -2.21. The van der Waals surface area contributed by atoms with Gasteiger partial charge in [-0.1, -0.05) is 32.8 Å². The summed E-state index contributed by atoms with van der Waals surface area (Å²) in [5.41, 5.74) is 0. The lowest BCUT2D eigenvalue weighted by molar-refractivity contribution is -0.151. The highest BCUT2D eigenvalue weighted by molar-refractivity contribution is 7.10. The number of hydrogen-bond donors (Lipinski definition) is 0. The quantitative estimate of drug-likeness (QED) is 0.502. The van der Waals surface area contributed by atoms with Crippen LogP contribution in [0.4, 0.5) is 0 Å². The second kappa shape index (κ2) is 8.30. The third-order valence-electron chi connectivity index (χ3n) is 3.19. The first-order valence-corrected chi connectivity index (χ1v) is 7.80. The number of carbonyl (C=O) groups is 1. The highest BCUT2D eigenvalue weighted by atomic mass is 32.1. The summed E-state index contributed by atoms with van der Waals surface area (Å²) in [5, 5.41) is 2.00. The van der Waals surface area contributed by atoms with Crippen molar-refractivity contribution in [3.63, 3.8) is 0 Å². The van der Waals surface area contributed by atoms with Gasteiger partial charge in [0.1, 0.15) is 6.10 Å². The molecule has 0 amide bonds. The van der Waals surface area contributed by atoms with Crippen LogP contribution in [0.2, 0.25) is 0 Å². The van der Waals surface area contributed by atoms with Crippen molar-refractivity contribution in [2.24, 2.45) is 0 Å². The van der Waals surface area contributed by atoms with E-state index >= 15 is 0 Å². The van der Waals surface area contributed by atoms with Gasteiger partial charge in [0.15, 0.2) is 0 Å². The summed E-state index contributed by atoms with van der Waals surface area (Å²) < 4.78 is 5.60. The molecule has 18 heavy (non-hydrogen) atoms. The van der Waals surface area contributed by atoms with Crippen molar-refractivity contribution < 1.29 is 9.53 Å². The average molecular weight is 268 g/mol. The molecule has 102 valence electrons. The SMILES string of the molecule is CCCCCC(CC)OC(=O)C(C)c1cccs1. The summed E-state index contributed by atoms with van der Waals surface area (Å²) in [7, 11) is 0. The lowest BCUT2D eigenvalue weighted by Gasteiger charge is -2.18. The van der Waals surface area contributed by atoms with E-state index in [1.54, 1.807) is 11.3 Å². The smallest absolute Gasteiger partial charge is 0.314 e. The second-order valence-electron chi connectivity index (χ2n) is 4.70. The van der Waals surface area contributed by atoms with E-state index in [2.05, 4.69) is 13.8 Å². The molecule has 1 aromatic rings. The molecule has 0 saturated heterocycles. The summed E-state index contributed by atoms with van der Waals surface area (Å²) in [4.78, 5) is 13.1. The third kappa shape index (κ3) is 4.81. The second-order valence-corrected chi connectivity index (χ2v) is 5.68. The van der Waals surface area contributed by atoms with Crippen molar-refractivity contribution in [2.75, 3.05) is 0 Å². The molecule has 0 spiro atoms. The zero-order chi connectivity index (χ0) is 13.4. The average Bonchev–Trinajstić information content (AvgIpc) is 2.90. The minimum atomic E-state index is -0.134. The number of unbranched alkanes of at least 4 members (excludes halogenated alkanes) is 2. The fourth-order valence-corrected chi connectivity index (χ4v) is 2.66. The number of esters is 1. The Kier molecular flexibility index (Phi) is 7.02. The molecule has 3 heteroatoms. The first-order chi connectivity index (χ1) is 8.69. The molecule has 0 fully saturated rings. The van der Waals surface area contributed by atoms with E-state index < -0.39 is 0 Å². The topological polar surface area (TPSA) is 26.3 Å². The van der Waals surface area contributed by atoms with Crippen LogP contribution >= 0.6 is 11.3 Å². The van der Waals surface area contributed by atoms with Gasteiger partial charge in [-0.25, -0.2) is 0 Å². The monoisotopic (exact) mass is 268 g/mol. The summed E-state index contributed by atoms with van der Waals surface area (Å²) in [6.07, 6.45) is 5.56. The van der Waals surface area contributed by atoms with Gasteiger partial charge < -0.3 is 4.74 Å². The first kappa shape index (κ1) is 15.2. The molecule has 0 radical (unpaired) electrons. The Labute approximate surface area is 114 Å². The van der Waals surface area contributed by atoms with Crippen molar-refractivity contribution in [3.8, 4) is 0 Å². The predicted molar refractivity (Wildman–Crippen MR) is 77.0 cm³/mol. The largest absolute Gasteiger partial charge is 0.462 e. The molecule has 2 atom stereocenters. The molecule has 0 aromatic carbocycles. The number of hydrogen-bond acceptors (Lipinski definition) is 3. The molecule has 1 aromatic heterocycles. The summed E-state index contributed by atoms with van der Waals surface area (Å²) in [6.45, 7) is 6.19. The summed E-state index contributed by atoms with van der Waals surface area (Å²) in [5.74, 6) is -0.217. The first-order valence-electron chi connectivity index (χ1n) is 6.92. The maximum Gasteiger partial charge on any atom is 0.314 e. The number of ether oxygens (including phenoxy) is 1. The lowest BCUT2D eigenvalue weighted by atomic mass is 10.1. The van der Waals surface area contributed by atoms with E-state index in [0.29, 0.717) is 0 Å². The third-order valence-corrected chi connectivity index (χ3v) is 4.25. The molecule has 0 aliphatic rings. The van der Waals surface area contributed by atoms with Crippen molar-refractivity contribution >= 4 is 17.3 Å². The molecule has 1 rings (SSSR count). The number of rotatable bonds is 8. The highest BCUT2D eigenvalue weighted by Crippen LogP contribution is 2.23. The van der Waals surface area contributed by atoms with Crippen molar-refractivity contribution in [1.29, 1.82) is 0 Å². The Morgan fingerprint density at radius 2 is 2.17 bits per heavy atom. The van der Waals surface area contributed by atoms with Crippen LogP contribution in [0.3, 0.4) is 0 Å². The van der Waals surface area contributed by atoms with Gasteiger partial charge >= 0.3 is 5.97 Å². The van der Waals surface area contributed by atoms with Crippen LogP contribution in [0.15, 0.2) is 17.5 Å². The minimum Gasteiger partial charge on any atom is -0.462 e. The molecule has 0 aliphatic carbocycles. The van der Waals surface area contributed by atoms with Gasteiger partial charge in [-0.05, 0) is 37.6 Å². The fraction of sp³-hybridized carbons (Fsp3) is 0.667. The van der Waals surface area contributed by atoms with Crippen LogP contribution in [0.1, 0.15) is 63.7 Å². The van der Waals surface area contributed by atoms with Crippen LogP contribution in [0.5, 0.6) is 0 Å². The molecule has 2 unspecified atom stereocenters. The van der Waals surface area contributed by atoms with Crippen LogP contribution in [0.25, 0.3) is 0 Å². The van der Waals surface area contributed by atoms with Crippen LogP contribution < -0.4 is 0 Å². The molecule has 0 aliphatic heterocycles. The van der Waals surface area contributed by atoms with Gasteiger partial charge in [0.25, 0.3) is 0 Å². The Morgan fingerprint density at radius 3 is 2.72 bits per heavy atom. The maximum absolute atomic E-state index is 12.0. The zero-order valence-electron chi connectivity index (χ0n) is 11.6. The molecular formula is C15H24O2S. The fourth-order valence-electron chi connectivity index (χ4n) is 1.89. The van der Waals surface area contributed by atoms with Gasteiger partial charge in [0.05, 0.1) is 5.92 Å². The summed E-state index contributed by atoms with van der Waals surface area (Å²) in [6, 6.07) is 3.97. The molecule has 0 bridgehead atoms. The van der Waals surface area contributed by atoms with E-state index in [-0.39, 0.29) is 18.0 Å². The summed E-state index contributed by atoms with van der Waals surface area (Å²) >= 11 is 1.61. The molecule has 2 nitrogen and oxygen atoms in total. The molecular weight excluding hydrogens is 244 g/mol. The van der Waals surface area contributed by atoms with E-state index in [4.69, 9.17) is 4.74 Å². The van der Waals surface area contributed by atoms with E-state index in [1.807, 2.05) is 24.4 Å². The predicted octanol–water partition coefficient (Wildman–Crippen LogP) is 4.75. The van der Waals surface area contributed by atoms with Crippen molar-refractivity contribution in [3.05, 3.63) is 22.4 Å². The van der Waals surface area contributed by atoms with Gasteiger partial charge in [-0.3, -0.25) is 4.79 Å². The van der Waals surface area contributed by atoms with Crippen LogP contribution in [-0.2, 0) is 9.53 Å². The van der Waals surface area contributed by atoms with Crippen LogP contribution in [0, 0.1) is 0 Å². The Balaban J connectivity index is 2.41. The van der Waals surface area contributed by atoms with E-state index in [9.17, 15) is 4.79 Å². The van der Waals surface area contributed by atoms with Crippen LogP contribution in [-0.4, -0.2) is 12.1 Å². The highest BCUT2D eigenvalue weighted by Gasteiger charge is 2.20.